The summed E-state index contributed by atoms with van der Waals surface area (Å²) < 4.78 is 10.5. The molecule has 0 saturated carbocycles. The molecule has 0 aromatic heterocycles. The van der Waals surface area contributed by atoms with Crippen LogP contribution in [0.3, 0.4) is 0 Å². The van der Waals surface area contributed by atoms with Gasteiger partial charge in [0, 0.05) is 0 Å². The van der Waals surface area contributed by atoms with Gasteiger partial charge >= 0.3 is 5.97 Å². The minimum atomic E-state index is -0.611. The zero-order chi connectivity index (χ0) is 15.8. The summed E-state index contributed by atoms with van der Waals surface area (Å²) in [6.07, 6.45) is 2.36. The van der Waals surface area contributed by atoms with Gasteiger partial charge < -0.3 is 15.2 Å². The number of anilines is 1. The lowest BCUT2D eigenvalue weighted by molar-refractivity contribution is -0.384. The number of hydrogen-bond donors (Lipinski definition) is 1. The van der Waals surface area contributed by atoms with Crippen molar-refractivity contribution in [2.24, 2.45) is 0 Å². The molecule has 0 radical (unpaired) electrons. The van der Waals surface area contributed by atoms with Crippen LogP contribution in [0.4, 0.5) is 11.4 Å². The molecule has 116 valence electrons. The average Bonchev–Trinajstić information content (AvgIpc) is 2.45. The van der Waals surface area contributed by atoms with E-state index in [1.54, 1.807) is 0 Å². The number of rotatable bonds is 8. The summed E-state index contributed by atoms with van der Waals surface area (Å²) in [7, 11) is 0. The van der Waals surface area contributed by atoms with Crippen molar-refractivity contribution >= 4 is 17.3 Å². The van der Waals surface area contributed by atoms with Gasteiger partial charge in [-0.25, -0.2) is 4.79 Å². The summed E-state index contributed by atoms with van der Waals surface area (Å²) in [4.78, 5) is 22.3. The van der Waals surface area contributed by atoms with Crippen LogP contribution in [0.25, 0.3) is 0 Å². The molecule has 0 amide bonds. The van der Waals surface area contributed by atoms with Crippen molar-refractivity contribution < 1.29 is 19.2 Å². The van der Waals surface area contributed by atoms with Crippen LogP contribution >= 0.6 is 0 Å². The summed E-state index contributed by atoms with van der Waals surface area (Å²) in [5, 5.41) is 10.9. The van der Waals surface area contributed by atoms with E-state index in [1.807, 2.05) is 13.8 Å². The molecule has 0 atom stereocenters. The van der Waals surface area contributed by atoms with Gasteiger partial charge in [-0.1, -0.05) is 20.3 Å². The molecule has 2 N–H and O–H groups in total. The molecule has 1 aromatic carbocycles. The third kappa shape index (κ3) is 4.62. The Morgan fingerprint density at radius 1 is 1.29 bits per heavy atom. The minimum Gasteiger partial charge on any atom is -0.492 e. The number of unbranched alkanes of at least 4 members (excludes halogenated alkanes) is 1. The lowest BCUT2D eigenvalue weighted by Crippen LogP contribution is -2.11. The molecular weight excluding hydrogens is 276 g/mol. The SMILES string of the molecule is CCCCOC(=O)c1cc(N)c([N+](=O)[O-])cc1OCCC. The number of nitrogens with two attached hydrogens (primary N) is 1. The fraction of sp³-hybridized carbons (Fsp3) is 0.500. The van der Waals surface area contributed by atoms with Crippen LogP contribution in [0.2, 0.25) is 0 Å². The predicted molar refractivity (Wildman–Crippen MR) is 78.5 cm³/mol. The van der Waals surface area contributed by atoms with Crippen molar-refractivity contribution in [2.75, 3.05) is 18.9 Å². The highest BCUT2D eigenvalue weighted by molar-refractivity contribution is 5.94. The normalized spacial score (nSPS) is 10.2. The molecule has 0 aliphatic carbocycles. The molecule has 7 nitrogen and oxygen atoms in total. The second-order valence-electron chi connectivity index (χ2n) is 4.50. The van der Waals surface area contributed by atoms with Gasteiger partial charge in [0.05, 0.1) is 24.2 Å². The molecule has 0 bridgehead atoms. The third-order valence-corrected chi connectivity index (χ3v) is 2.74. The minimum absolute atomic E-state index is 0.0914. The third-order valence-electron chi connectivity index (χ3n) is 2.74. The smallest absolute Gasteiger partial charge is 0.342 e. The van der Waals surface area contributed by atoms with E-state index in [-0.39, 0.29) is 22.7 Å². The van der Waals surface area contributed by atoms with Crippen LogP contribution in [0.15, 0.2) is 12.1 Å². The number of nitrogens with zero attached hydrogens (tertiary/aromatic N) is 1. The van der Waals surface area contributed by atoms with E-state index < -0.39 is 10.9 Å². The largest absolute Gasteiger partial charge is 0.492 e. The maximum absolute atomic E-state index is 12.0. The summed E-state index contributed by atoms with van der Waals surface area (Å²) >= 11 is 0. The van der Waals surface area contributed by atoms with Gasteiger partial charge in [0.1, 0.15) is 17.0 Å². The molecule has 1 aromatic rings. The first-order chi connectivity index (χ1) is 10.0. The fourth-order valence-corrected chi connectivity index (χ4v) is 1.62. The number of carbonyl (C=O) groups excluding carboxylic acids is 1. The van der Waals surface area contributed by atoms with Crippen molar-refractivity contribution in [1.82, 2.24) is 0 Å². The van der Waals surface area contributed by atoms with Crippen molar-refractivity contribution in [3.05, 3.63) is 27.8 Å². The number of nitro groups is 1. The van der Waals surface area contributed by atoms with Gasteiger partial charge in [-0.3, -0.25) is 10.1 Å². The lowest BCUT2D eigenvalue weighted by Gasteiger charge is -2.11. The standard InChI is InChI=1S/C14H20N2O5/c1-3-5-7-21-14(17)10-8-11(15)12(16(18)19)9-13(10)20-6-4-2/h8-9H,3-7,15H2,1-2H3. The monoisotopic (exact) mass is 296 g/mol. The van der Waals surface area contributed by atoms with Crippen LogP contribution in [0.1, 0.15) is 43.5 Å². The Morgan fingerprint density at radius 3 is 2.57 bits per heavy atom. The Bertz CT molecular complexity index is 516. The van der Waals surface area contributed by atoms with E-state index in [4.69, 9.17) is 15.2 Å². The van der Waals surface area contributed by atoms with Gasteiger partial charge in [-0.2, -0.15) is 0 Å². The van der Waals surface area contributed by atoms with Gasteiger partial charge in [0.25, 0.3) is 5.69 Å². The molecule has 0 aliphatic heterocycles. The molecule has 0 fully saturated rings. The molecule has 0 saturated heterocycles. The number of nitrogen functional groups attached to an aromatic ring is 1. The molecule has 0 aliphatic rings. The Morgan fingerprint density at radius 2 is 2.00 bits per heavy atom. The second-order valence-corrected chi connectivity index (χ2v) is 4.50. The van der Waals surface area contributed by atoms with Crippen LogP contribution in [0.5, 0.6) is 5.75 Å². The summed E-state index contributed by atoms with van der Waals surface area (Å²) in [5.74, 6) is -0.463. The highest BCUT2D eigenvalue weighted by atomic mass is 16.6. The number of ether oxygens (including phenoxy) is 2. The number of hydrogen-bond acceptors (Lipinski definition) is 6. The Labute approximate surface area is 123 Å². The van der Waals surface area contributed by atoms with Crippen LogP contribution in [0, 0.1) is 10.1 Å². The molecular formula is C14H20N2O5. The van der Waals surface area contributed by atoms with Gasteiger partial charge in [-0.15, -0.1) is 0 Å². The number of esters is 1. The Kier molecular flexibility index (Phi) is 6.45. The van der Waals surface area contributed by atoms with Crippen molar-refractivity contribution in [3.8, 4) is 5.75 Å². The molecule has 0 unspecified atom stereocenters. The Hall–Kier alpha value is -2.31. The van der Waals surface area contributed by atoms with Crippen molar-refractivity contribution in [3.63, 3.8) is 0 Å². The summed E-state index contributed by atoms with van der Waals surface area (Å²) in [6.45, 7) is 4.51. The van der Waals surface area contributed by atoms with Crippen molar-refractivity contribution in [2.45, 2.75) is 33.1 Å². The molecule has 21 heavy (non-hydrogen) atoms. The van der Waals surface area contributed by atoms with Crippen LogP contribution < -0.4 is 10.5 Å². The lowest BCUT2D eigenvalue weighted by atomic mass is 10.1. The van der Waals surface area contributed by atoms with Gasteiger partial charge in [-0.05, 0) is 18.9 Å². The fourth-order valence-electron chi connectivity index (χ4n) is 1.62. The highest BCUT2D eigenvalue weighted by Crippen LogP contribution is 2.31. The predicted octanol–water partition coefficient (Wildman–Crippen LogP) is 2.92. The molecule has 1 rings (SSSR count). The summed E-state index contributed by atoms with van der Waals surface area (Å²) in [6, 6.07) is 2.40. The highest BCUT2D eigenvalue weighted by Gasteiger charge is 2.22. The van der Waals surface area contributed by atoms with E-state index in [2.05, 4.69) is 0 Å². The van der Waals surface area contributed by atoms with Gasteiger partial charge in [0.2, 0.25) is 0 Å². The van der Waals surface area contributed by atoms with E-state index in [0.29, 0.717) is 19.6 Å². The topological polar surface area (TPSA) is 105 Å². The zero-order valence-electron chi connectivity index (χ0n) is 12.3. The number of nitro benzene ring substituents is 1. The molecule has 0 spiro atoms. The molecule has 7 heteroatoms. The zero-order valence-corrected chi connectivity index (χ0v) is 12.3. The Balaban J connectivity index is 3.06. The molecule has 0 heterocycles. The van der Waals surface area contributed by atoms with E-state index >= 15 is 0 Å². The van der Waals surface area contributed by atoms with E-state index in [1.165, 1.54) is 12.1 Å². The maximum Gasteiger partial charge on any atom is 0.342 e. The second kappa shape index (κ2) is 8.08. The number of benzene rings is 1. The quantitative estimate of drug-likeness (QED) is 0.260. The van der Waals surface area contributed by atoms with Crippen LogP contribution in [-0.4, -0.2) is 24.1 Å². The first-order valence-corrected chi connectivity index (χ1v) is 6.89. The van der Waals surface area contributed by atoms with E-state index in [0.717, 1.165) is 12.8 Å². The summed E-state index contributed by atoms with van der Waals surface area (Å²) in [5.41, 5.74) is 5.34. The number of carbonyl (C=O) groups is 1. The van der Waals surface area contributed by atoms with Gasteiger partial charge in [0.15, 0.2) is 0 Å². The maximum atomic E-state index is 12.0. The first kappa shape index (κ1) is 16.7. The van der Waals surface area contributed by atoms with Crippen LogP contribution in [-0.2, 0) is 4.74 Å². The average molecular weight is 296 g/mol. The first-order valence-electron chi connectivity index (χ1n) is 6.89. The van der Waals surface area contributed by atoms with Crippen molar-refractivity contribution in [1.29, 1.82) is 0 Å². The van der Waals surface area contributed by atoms with E-state index in [9.17, 15) is 14.9 Å².